The minimum atomic E-state index is -4.58. The summed E-state index contributed by atoms with van der Waals surface area (Å²) in [7, 11) is -1.54. The molecule has 0 radical (unpaired) electrons. The number of halogens is 3. The van der Waals surface area contributed by atoms with Crippen LogP contribution in [0.5, 0.6) is 0 Å². The highest BCUT2D eigenvalue weighted by Crippen LogP contribution is 2.39. The first-order valence-electron chi connectivity index (χ1n) is 10.7. The van der Waals surface area contributed by atoms with Crippen molar-refractivity contribution in [2.24, 2.45) is 0 Å². The van der Waals surface area contributed by atoms with Crippen LogP contribution < -0.4 is 0 Å². The van der Waals surface area contributed by atoms with Gasteiger partial charge in [0.1, 0.15) is 6.17 Å². The average Bonchev–Trinajstić information content (AvgIpc) is 3.46. The van der Waals surface area contributed by atoms with E-state index in [0.717, 1.165) is 22.8 Å². The molecule has 0 saturated heterocycles. The van der Waals surface area contributed by atoms with Crippen molar-refractivity contribution >= 4 is 21.2 Å². The minimum absolute atomic E-state index is 0.186. The minimum Gasteiger partial charge on any atom is -0.281 e. The molecule has 0 spiro atoms. The predicted molar refractivity (Wildman–Crippen MR) is 132 cm³/mol. The molecule has 4 aromatic rings. The Morgan fingerprint density at radius 3 is 2.34 bits per heavy atom. The van der Waals surface area contributed by atoms with E-state index in [1.807, 2.05) is 49.2 Å². The predicted octanol–water partition coefficient (Wildman–Crippen LogP) is 6.35. The van der Waals surface area contributed by atoms with Crippen LogP contribution in [0.2, 0.25) is 0 Å². The van der Waals surface area contributed by atoms with Crippen molar-refractivity contribution in [3.63, 3.8) is 0 Å². The number of hydrogen-bond acceptors (Lipinski definition) is 5. The molecule has 0 aliphatic carbocycles. The molecule has 0 saturated carbocycles. The van der Waals surface area contributed by atoms with Gasteiger partial charge in [-0.2, -0.15) is 18.3 Å². The lowest BCUT2D eigenvalue weighted by Gasteiger charge is -2.26. The van der Waals surface area contributed by atoms with E-state index in [-0.39, 0.29) is 4.90 Å². The van der Waals surface area contributed by atoms with E-state index in [2.05, 4.69) is 5.10 Å². The summed E-state index contributed by atoms with van der Waals surface area (Å²) in [5.41, 5.74) is 1.11. The molecule has 2 aromatic heterocycles. The third kappa shape index (κ3) is 5.66. The summed E-state index contributed by atoms with van der Waals surface area (Å²) < 4.78 is 66.0. The zero-order valence-electron chi connectivity index (χ0n) is 19.3. The fourth-order valence-electron chi connectivity index (χ4n) is 3.70. The highest BCUT2D eigenvalue weighted by molar-refractivity contribution is 7.90. The molecule has 4 rings (SSSR count). The largest absolute Gasteiger partial charge is 0.435 e. The first kappa shape index (κ1) is 25.2. The number of hydrogen-bond donors (Lipinski definition) is 0. The summed E-state index contributed by atoms with van der Waals surface area (Å²) in [4.78, 5) is 3.46. The maximum atomic E-state index is 13.6. The first-order chi connectivity index (χ1) is 16.4. The second-order valence-corrected chi connectivity index (χ2v) is 11.5. The van der Waals surface area contributed by atoms with Crippen LogP contribution in [0.3, 0.4) is 0 Å². The van der Waals surface area contributed by atoms with Crippen LogP contribution in [-0.4, -0.2) is 36.4 Å². The van der Waals surface area contributed by atoms with Crippen molar-refractivity contribution < 1.29 is 21.6 Å². The molecular formula is C25H24F3N3O2S2. The molecule has 0 bridgehead atoms. The Labute approximate surface area is 206 Å². The molecule has 10 heteroatoms. The number of nitrogens with zero attached hydrogens (tertiary/aromatic N) is 3. The number of thiophene rings is 1. The van der Waals surface area contributed by atoms with Crippen molar-refractivity contribution in [2.75, 3.05) is 13.3 Å². The van der Waals surface area contributed by atoms with Crippen LogP contribution in [0.15, 0.2) is 77.7 Å². The summed E-state index contributed by atoms with van der Waals surface area (Å²) >= 11 is 1.29. The number of alkyl halides is 3. The van der Waals surface area contributed by atoms with Gasteiger partial charge in [0.25, 0.3) is 0 Å². The van der Waals surface area contributed by atoms with Crippen molar-refractivity contribution in [1.82, 2.24) is 14.7 Å². The Bertz CT molecular complexity index is 1430. The van der Waals surface area contributed by atoms with Crippen molar-refractivity contribution in [3.05, 3.63) is 84.1 Å². The van der Waals surface area contributed by atoms with Gasteiger partial charge in [0, 0.05) is 17.7 Å². The van der Waals surface area contributed by atoms with Gasteiger partial charge >= 0.3 is 6.18 Å². The fraction of sp³-hybridized carbons (Fsp3) is 0.240. The zero-order valence-corrected chi connectivity index (χ0v) is 21.0. The standard InChI is InChI=1S/C25H24F3N3O2S2/c1-17(30(2)16-18-8-5-4-6-9-18)31-21(15-24(29-31)25(26,27)28)23-13-12-22(34-23)19-10-7-11-20(14-19)35(3,32)33/h4-15,17H,16H2,1-3H3. The smallest absolute Gasteiger partial charge is 0.281 e. The lowest BCUT2D eigenvalue weighted by Crippen LogP contribution is -2.28. The molecule has 0 N–H and O–H groups in total. The van der Waals surface area contributed by atoms with Crippen molar-refractivity contribution in [2.45, 2.75) is 30.7 Å². The third-order valence-electron chi connectivity index (χ3n) is 5.70. The highest BCUT2D eigenvalue weighted by atomic mass is 32.2. The van der Waals surface area contributed by atoms with E-state index in [1.165, 1.54) is 22.1 Å². The molecule has 35 heavy (non-hydrogen) atoms. The van der Waals surface area contributed by atoms with Crippen LogP contribution in [0.1, 0.15) is 24.3 Å². The molecule has 0 amide bonds. The molecule has 2 aromatic carbocycles. The third-order valence-corrected chi connectivity index (χ3v) is 7.97. The van der Waals surface area contributed by atoms with Gasteiger partial charge in [-0.25, -0.2) is 13.1 Å². The Kier molecular flexibility index (Phi) is 6.90. The number of rotatable bonds is 7. The van der Waals surface area contributed by atoms with Crippen LogP contribution in [-0.2, 0) is 22.6 Å². The number of sulfone groups is 1. The quantitative estimate of drug-likeness (QED) is 0.286. The summed E-state index contributed by atoms with van der Waals surface area (Å²) in [6, 6.07) is 20.8. The van der Waals surface area contributed by atoms with Crippen LogP contribution in [0, 0.1) is 0 Å². The molecule has 0 fully saturated rings. The maximum absolute atomic E-state index is 13.6. The molecule has 0 aliphatic heterocycles. The van der Waals surface area contributed by atoms with Gasteiger partial charge < -0.3 is 0 Å². The fourth-order valence-corrected chi connectivity index (χ4v) is 5.38. The highest BCUT2D eigenvalue weighted by Gasteiger charge is 2.36. The normalized spacial score (nSPS) is 13.3. The molecule has 184 valence electrons. The van der Waals surface area contributed by atoms with Crippen LogP contribution >= 0.6 is 11.3 Å². The topological polar surface area (TPSA) is 55.2 Å². The Hall–Kier alpha value is -2.95. The lowest BCUT2D eigenvalue weighted by atomic mass is 10.2. The van der Waals surface area contributed by atoms with E-state index in [1.54, 1.807) is 30.3 Å². The summed E-state index contributed by atoms with van der Waals surface area (Å²) in [5, 5.41) is 3.93. The second-order valence-electron chi connectivity index (χ2n) is 8.35. The second kappa shape index (κ2) is 9.60. The molecule has 0 aliphatic rings. The van der Waals surface area contributed by atoms with Gasteiger partial charge in [-0.3, -0.25) is 4.90 Å². The molecule has 1 unspecified atom stereocenters. The van der Waals surface area contributed by atoms with E-state index in [9.17, 15) is 21.6 Å². The zero-order chi connectivity index (χ0) is 25.4. The van der Waals surface area contributed by atoms with E-state index in [0.29, 0.717) is 22.7 Å². The number of benzene rings is 2. The Balaban J connectivity index is 1.71. The van der Waals surface area contributed by atoms with Gasteiger partial charge in [-0.05, 0) is 55.4 Å². The van der Waals surface area contributed by atoms with Gasteiger partial charge in [0.2, 0.25) is 0 Å². The van der Waals surface area contributed by atoms with E-state index < -0.39 is 27.9 Å². The summed E-state index contributed by atoms with van der Waals surface area (Å²) in [5.74, 6) is 0. The monoisotopic (exact) mass is 519 g/mol. The van der Waals surface area contributed by atoms with Gasteiger partial charge in [-0.15, -0.1) is 11.3 Å². The Morgan fingerprint density at radius 2 is 1.69 bits per heavy atom. The number of aromatic nitrogens is 2. The van der Waals surface area contributed by atoms with Gasteiger partial charge in [0.15, 0.2) is 15.5 Å². The van der Waals surface area contributed by atoms with Gasteiger partial charge in [-0.1, -0.05) is 42.5 Å². The summed E-state index contributed by atoms with van der Waals surface area (Å²) in [6.07, 6.45) is -3.90. The SMILES string of the molecule is CC(N(C)Cc1ccccc1)n1nc(C(F)(F)F)cc1-c1ccc(-c2cccc(S(C)(=O)=O)c2)s1. The summed E-state index contributed by atoms with van der Waals surface area (Å²) in [6.45, 7) is 2.35. The van der Waals surface area contributed by atoms with Crippen LogP contribution in [0.4, 0.5) is 13.2 Å². The van der Waals surface area contributed by atoms with E-state index >= 15 is 0 Å². The van der Waals surface area contributed by atoms with E-state index in [4.69, 9.17) is 0 Å². The van der Waals surface area contributed by atoms with Crippen molar-refractivity contribution in [3.8, 4) is 21.0 Å². The Morgan fingerprint density at radius 1 is 1.00 bits per heavy atom. The molecule has 2 heterocycles. The maximum Gasteiger partial charge on any atom is 0.435 e. The molecule has 1 atom stereocenters. The van der Waals surface area contributed by atoms with Crippen molar-refractivity contribution in [1.29, 1.82) is 0 Å². The van der Waals surface area contributed by atoms with Gasteiger partial charge in [0.05, 0.1) is 15.5 Å². The average molecular weight is 520 g/mol. The molecular weight excluding hydrogens is 495 g/mol. The molecule has 5 nitrogen and oxygen atoms in total. The first-order valence-corrected chi connectivity index (χ1v) is 13.5. The lowest BCUT2D eigenvalue weighted by molar-refractivity contribution is -0.141. The van der Waals surface area contributed by atoms with Crippen LogP contribution in [0.25, 0.3) is 21.0 Å².